The Bertz CT molecular complexity index is 519. The second kappa shape index (κ2) is 6.18. The Labute approximate surface area is 120 Å². The fourth-order valence-electron chi connectivity index (χ4n) is 1.45. The first-order valence-electron chi connectivity index (χ1n) is 6.05. The van der Waals surface area contributed by atoms with E-state index in [0.717, 1.165) is 0 Å². The molecular formula is C12H19BrN4O2. The van der Waals surface area contributed by atoms with Gasteiger partial charge in [-0.2, -0.15) is 5.10 Å². The molecule has 19 heavy (non-hydrogen) atoms. The lowest BCUT2D eigenvalue weighted by atomic mass is 10.1. The lowest BCUT2D eigenvalue weighted by Gasteiger charge is -2.20. The van der Waals surface area contributed by atoms with Crippen molar-refractivity contribution in [2.75, 3.05) is 11.9 Å². The molecule has 0 radical (unpaired) electrons. The first-order valence-corrected chi connectivity index (χ1v) is 6.84. The number of nitrogens with one attached hydrogen (secondary N) is 2. The van der Waals surface area contributed by atoms with Crippen LogP contribution in [0.2, 0.25) is 0 Å². The Balaban J connectivity index is 2.72. The van der Waals surface area contributed by atoms with E-state index in [1.165, 1.54) is 10.9 Å². The summed E-state index contributed by atoms with van der Waals surface area (Å²) in [5, 5.41) is 9.71. The molecule has 0 aliphatic rings. The summed E-state index contributed by atoms with van der Waals surface area (Å²) in [6.45, 7) is 8.15. The molecular weight excluding hydrogens is 312 g/mol. The standard InChI is InChI=1S/C12H19BrN4O2/c1-5-17-11(19)10(13)8(6-15-17)14-7-9(18)16-12(2,3)4/h6,14H,5,7H2,1-4H3,(H,16,18). The van der Waals surface area contributed by atoms with E-state index in [4.69, 9.17) is 0 Å². The Kier molecular flexibility index (Phi) is 5.11. The number of halogens is 1. The monoisotopic (exact) mass is 330 g/mol. The smallest absolute Gasteiger partial charge is 0.283 e. The van der Waals surface area contributed by atoms with E-state index in [1.54, 1.807) is 0 Å². The minimum Gasteiger partial charge on any atom is -0.374 e. The molecule has 0 aliphatic heterocycles. The van der Waals surface area contributed by atoms with Crippen LogP contribution in [0.1, 0.15) is 27.7 Å². The number of carbonyl (C=O) groups excluding carboxylic acids is 1. The maximum absolute atomic E-state index is 11.8. The molecule has 1 amide bonds. The third kappa shape index (κ3) is 4.66. The van der Waals surface area contributed by atoms with Crippen LogP contribution < -0.4 is 16.2 Å². The molecule has 0 unspecified atom stereocenters. The van der Waals surface area contributed by atoms with Gasteiger partial charge in [0, 0.05) is 12.1 Å². The molecule has 106 valence electrons. The molecule has 0 aliphatic carbocycles. The van der Waals surface area contributed by atoms with Gasteiger partial charge in [0.05, 0.1) is 18.4 Å². The van der Waals surface area contributed by atoms with E-state index in [1.807, 2.05) is 27.7 Å². The zero-order chi connectivity index (χ0) is 14.6. The number of aryl methyl sites for hydroxylation is 1. The normalized spacial score (nSPS) is 11.2. The maximum atomic E-state index is 11.8. The van der Waals surface area contributed by atoms with E-state index in [-0.39, 0.29) is 23.6 Å². The van der Waals surface area contributed by atoms with E-state index < -0.39 is 0 Å². The number of carbonyl (C=O) groups is 1. The Hall–Kier alpha value is -1.37. The van der Waals surface area contributed by atoms with Crippen LogP contribution in [0, 0.1) is 0 Å². The SMILES string of the molecule is CCn1ncc(NCC(=O)NC(C)(C)C)c(Br)c1=O. The van der Waals surface area contributed by atoms with Crippen molar-refractivity contribution in [3.05, 3.63) is 21.0 Å². The summed E-state index contributed by atoms with van der Waals surface area (Å²) in [5.41, 5.74) is 0.0161. The molecule has 0 saturated heterocycles. The highest BCUT2D eigenvalue weighted by Crippen LogP contribution is 2.15. The van der Waals surface area contributed by atoms with Gasteiger partial charge in [0.2, 0.25) is 5.91 Å². The minimum absolute atomic E-state index is 0.0904. The molecule has 1 rings (SSSR count). The van der Waals surface area contributed by atoms with Crippen LogP contribution in [0.3, 0.4) is 0 Å². The third-order valence-corrected chi connectivity index (χ3v) is 3.00. The van der Waals surface area contributed by atoms with E-state index in [0.29, 0.717) is 16.7 Å². The molecule has 0 fully saturated rings. The second-order valence-corrected chi connectivity index (χ2v) is 5.94. The van der Waals surface area contributed by atoms with Gasteiger partial charge in [0.1, 0.15) is 4.47 Å². The van der Waals surface area contributed by atoms with Gasteiger partial charge in [-0.1, -0.05) is 0 Å². The lowest BCUT2D eigenvalue weighted by molar-refractivity contribution is -0.120. The summed E-state index contributed by atoms with van der Waals surface area (Å²) in [4.78, 5) is 23.5. The predicted octanol–water partition coefficient (Wildman–Crippen LogP) is 1.35. The van der Waals surface area contributed by atoms with Gasteiger partial charge in [-0.3, -0.25) is 9.59 Å². The van der Waals surface area contributed by atoms with Crippen molar-refractivity contribution in [1.29, 1.82) is 0 Å². The second-order valence-electron chi connectivity index (χ2n) is 5.14. The van der Waals surface area contributed by atoms with Crippen LogP contribution in [-0.4, -0.2) is 27.8 Å². The third-order valence-electron chi connectivity index (χ3n) is 2.24. The van der Waals surface area contributed by atoms with E-state index in [2.05, 4.69) is 31.7 Å². The summed E-state index contributed by atoms with van der Waals surface area (Å²) in [6.07, 6.45) is 1.53. The number of anilines is 1. The molecule has 0 bridgehead atoms. The largest absolute Gasteiger partial charge is 0.374 e. The number of hydrogen-bond donors (Lipinski definition) is 2. The van der Waals surface area contributed by atoms with Crippen molar-refractivity contribution in [2.45, 2.75) is 39.8 Å². The van der Waals surface area contributed by atoms with Crippen LogP contribution in [0.15, 0.2) is 15.5 Å². The van der Waals surface area contributed by atoms with Crippen LogP contribution in [0.5, 0.6) is 0 Å². The molecule has 0 saturated carbocycles. The number of rotatable bonds is 4. The van der Waals surface area contributed by atoms with Crippen LogP contribution in [0.4, 0.5) is 5.69 Å². The van der Waals surface area contributed by atoms with Gasteiger partial charge in [0.25, 0.3) is 5.56 Å². The Morgan fingerprint density at radius 1 is 1.47 bits per heavy atom. The van der Waals surface area contributed by atoms with E-state index in [9.17, 15) is 9.59 Å². The van der Waals surface area contributed by atoms with Gasteiger partial charge in [-0.15, -0.1) is 0 Å². The number of aromatic nitrogens is 2. The molecule has 1 aromatic heterocycles. The number of nitrogens with zero attached hydrogens (tertiary/aromatic N) is 2. The van der Waals surface area contributed by atoms with Crippen molar-refractivity contribution >= 4 is 27.5 Å². The van der Waals surface area contributed by atoms with Gasteiger partial charge >= 0.3 is 0 Å². The molecule has 0 spiro atoms. The summed E-state index contributed by atoms with van der Waals surface area (Å²) in [7, 11) is 0. The van der Waals surface area contributed by atoms with Crippen molar-refractivity contribution in [1.82, 2.24) is 15.1 Å². The summed E-state index contributed by atoms with van der Waals surface area (Å²) in [5.74, 6) is -0.140. The van der Waals surface area contributed by atoms with E-state index >= 15 is 0 Å². The van der Waals surface area contributed by atoms with Crippen LogP contribution in [0.25, 0.3) is 0 Å². The first kappa shape index (κ1) is 15.7. The molecule has 1 heterocycles. The topological polar surface area (TPSA) is 76.0 Å². The number of hydrogen-bond acceptors (Lipinski definition) is 4. The molecule has 1 aromatic rings. The van der Waals surface area contributed by atoms with Crippen molar-refractivity contribution < 1.29 is 4.79 Å². The number of amides is 1. The lowest BCUT2D eigenvalue weighted by Crippen LogP contribution is -2.43. The highest BCUT2D eigenvalue weighted by molar-refractivity contribution is 9.10. The van der Waals surface area contributed by atoms with Gasteiger partial charge in [-0.25, -0.2) is 4.68 Å². The average Bonchev–Trinajstić information content (AvgIpc) is 2.29. The molecule has 0 atom stereocenters. The van der Waals surface area contributed by atoms with Gasteiger partial charge in [0.15, 0.2) is 0 Å². The quantitative estimate of drug-likeness (QED) is 0.873. The predicted molar refractivity (Wildman–Crippen MR) is 78.3 cm³/mol. The zero-order valence-corrected chi connectivity index (χ0v) is 13.2. The zero-order valence-electron chi connectivity index (χ0n) is 11.6. The van der Waals surface area contributed by atoms with Crippen LogP contribution >= 0.6 is 15.9 Å². The van der Waals surface area contributed by atoms with Gasteiger partial charge < -0.3 is 10.6 Å². The fourth-order valence-corrected chi connectivity index (χ4v) is 1.90. The average molecular weight is 331 g/mol. The first-order chi connectivity index (χ1) is 8.74. The summed E-state index contributed by atoms with van der Waals surface area (Å²) < 4.78 is 1.72. The minimum atomic E-state index is -0.278. The summed E-state index contributed by atoms with van der Waals surface area (Å²) in [6, 6.07) is 0. The Morgan fingerprint density at radius 3 is 2.63 bits per heavy atom. The highest BCUT2D eigenvalue weighted by atomic mass is 79.9. The van der Waals surface area contributed by atoms with Crippen molar-refractivity contribution in [2.24, 2.45) is 0 Å². The Morgan fingerprint density at radius 2 is 2.11 bits per heavy atom. The fraction of sp³-hybridized carbons (Fsp3) is 0.583. The molecule has 0 aromatic carbocycles. The summed E-state index contributed by atoms with van der Waals surface area (Å²) >= 11 is 3.22. The van der Waals surface area contributed by atoms with Gasteiger partial charge in [-0.05, 0) is 43.6 Å². The molecule has 6 nitrogen and oxygen atoms in total. The molecule has 2 N–H and O–H groups in total. The molecule has 7 heteroatoms. The van der Waals surface area contributed by atoms with Crippen LogP contribution in [-0.2, 0) is 11.3 Å². The van der Waals surface area contributed by atoms with Crippen molar-refractivity contribution in [3.63, 3.8) is 0 Å². The van der Waals surface area contributed by atoms with Crippen molar-refractivity contribution in [3.8, 4) is 0 Å². The maximum Gasteiger partial charge on any atom is 0.283 e. The highest BCUT2D eigenvalue weighted by Gasteiger charge is 2.14.